The van der Waals surface area contributed by atoms with Gasteiger partial charge in [-0.25, -0.2) is 4.39 Å². The van der Waals surface area contributed by atoms with Crippen LogP contribution in [0.5, 0.6) is 0 Å². The fourth-order valence-electron chi connectivity index (χ4n) is 4.06. The summed E-state index contributed by atoms with van der Waals surface area (Å²) in [7, 11) is 0. The lowest BCUT2D eigenvalue weighted by Crippen LogP contribution is -2.43. The number of amides is 2. The SMILES string of the molecule is CCN(C(=O)CN1CCCc2c(NC(=O)c3ccc(F)cc3)cccc21)C1CC1. The average molecular weight is 395 g/mol. The third-order valence-corrected chi connectivity index (χ3v) is 5.68. The Bertz CT molecular complexity index is 909. The molecule has 4 rings (SSSR count). The summed E-state index contributed by atoms with van der Waals surface area (Å²) < 4.78 is 13.1. The van der Waals surface area contributed by atoms with Gasteiger partial charge >= 0.3 is 0 Å². The van der Waals surface area contributed by atoms with Crippen LogP contribution in [0.3, 0.4) is 0 Å². The number of hydrogen-bond acceptors (Lipinski definition) is 3. The van der Waals surface area contributed by atoms with Crippen molar-refractivity contribution in [2.75, 3.05) is 29.9 Å². The first-order valence-corrected chi connectivity index (χ1v) is 10.3. The summed E-state index contributed by atoms with van der Waals surface area (Å²) in [5.41, 5.74) is 3.23. The highest BCUT2D eigenvalue weighted by molar-refractivity contribution is 6.05. The Hall–Kier alpha value is -2.89. The number of nitrogens with zero attached hydrogens (tertiary/aromatic N) is 2. The lowest BCUT2D eigenvalue weighted by atomic mass is 9.99. The zero-order valence-electron chi connectivity index (χ0n) is 16.7. The number of carbonyl (C=O) groups is 2. The molecule has 6 heteroatoms. The summed E-state index contributed by atoms with van der Waals surface area (Å²) in [6, 6.07) is 11.7. The molecule has 29 heavy (non-hydrogen) atoms. The number of benzene rings is 2. The van der Waals surface area contributed by atoms with Crippen molar-refractivity contribution in [2.24, 2.45) is 0 Å². The van der Waals surface area contributed by atoms with E-state index in [1.165, 1.54) is 24.3 Å². The number of fused-ring (bicyclic) bond motifs is 1. The van der Waals surface area contributed by atoms with Gasteiger partial charge < -0.3 is 15.1 Å². The molecule has 2 amide bonds. The van der Waals surface area contributed by atoms with Gasteiger partial charge in [-0.3, -0.25) is 9.59 Å². The second kappa shape index (κ2) is 8.23. The molecule has 5 nitrogen and oxygen atoms in total. The van der Waals surface area contributed by atoms with Gasteiger partial charge in [0, 0.05) is 36.1 Å². The molecular weight excluding hydrogens is 369 g/mol. The first-order chi connectivity index (χ1) is 14.1. The number of anilines is 2. The van der Waals surface area contributed by atoms with Crippen molar-refractivity contribution in [3.05, 3.63) is 59.4 Å². The number of halogens is 1. The molecule has 1 saturated carbocycles. The van der Waals surface area contributed by atoms with Gasteiger partial charge in [-0.05, 0) is 74.6 Å². The lowest BCUT2D eigenvalue weighted by molar-refractivity contribution is -0.130. The molecule has 1 aliphatic heterocycles. The van der Waals surface area contributed by atoms with Crippen LogP contribution in [0.15, 0.2) is 42.5 Å². The third kappa shape index (κ3) is 4.26. The van der Waals surface area contributed by atoms with Crippen molar-refractivity contribution in [2.45, 2.75) is 38.6 Å². The fraction of sp³-hybridized carbons (Fsp3) is 0.391. The Morgan fingerprint density at radius 3 is 2.62 bits per heavy atom. The monoisotopic (exact) mass is 395 g/mol. The van der Waals surface area contributed by atoms with Crippen molar-refractivity contribution in [1.29, 1.82) is 0 Å². The Morgan fingerprint density at radius 1 is 1.17 bits per heavy atom. The van der Waals surface area contributed by atoms with Gasteiger partial charge in [0.2, 0.25) is 5.91 Å². The van der Waals surface area contributed by atoms with Crippen molar-refractivity contribution in [3.8, 4) is 0 Å². The zero-order chi connectivity index (χ0) is 20.4. The van der Waals surface area contributed by atoms with Crippen LogP contribution in [0, 0.1) is 5.82 Å². The minimum Gasteiger partial charge on any atom is -0.362 e. The van der Waals surface area contributed by atoms with Gasteiger partial charge in [-0.15, -0.1) is 0 Å². The van der Waals surface area contributed by atoms with E-state index in [9.17, 15) is 14.0 Å². The highest BCUT2D eigenvalue weighted by Gasteiger charge is 2.32. The van der Waals surface area contributed by atoms with Crippen molar-refractivity contribution in [1.82, 2.24) is 4.90 Å². The molecule has 0 unspecified atom stereocenters. The summed E-state index contributed by atoms with van der Waals surface area (Å²) >= 11 is 0. The summed E-state index contributed by atoms with van der Waals surface area (Å²) in [5.74, 6) is -0.465. The van der Waals surface area contributed by atoms with E-state index in [0.717, 1.165) is 55.7 Å². The first-order valence-electron chi connectivity index (χ1n) is 10.3. The number of nitrogens with one attached hydrogen (secondary N) is 1. The smallest absolute Gasteiger partial charge is 0.255 e. The van der Waals surface area contributed by atoms with Crippen molar-refractivity contribution >= 4 is 23.2 Å². The number of likely N-dealkylation sites (N-methyl/N-ethyl adjacent to an activating group) is 1. The van der Waals surface area contributed by atoms with E-state index in [1.807, 2.05) is 30.0 Å². The fourth-order valence-corrected chi connectivity index (χ4v) is 4.06. The van der Waals surface area contributed by atoms with Crippen LogP contribution in [0.4, 0.5) is 15.8 Å². The molecule has 2 aliphatic rings. The first kappa shape index (κ1) is 19.4. The van der Waals surface area contributed by atoms with Gasteiger partial charge in [0.25, 0.3) is 5.91 Å². The van der Waals surface area contributed by atoms with Gasteiger partial charge in [-0.2, -0.15) is 0 Å². The predicted molar refractivity (Wildman–Crippen MR) is 112 cm³/mol. The molecule has 0 aromatic heterocycles. The Labute approximate surface area is 170 Å². The van der Waals surface area contributed by atoms with Gasteiger partial charge in [0.15, 0.2) is 0 Å². The molecule has 0 spiro atoms. The quantitative estimate of drug-likeness (QED) is 0.809. The molecular formula is C23H26FN3O2. The number of rotatable bonds is 6. The summed E-state index contributed by atoms with van der Waals surface area (Å²) in [4.78, 5) is 29.5. The average Bonchev–Trinajstić information content (AvgIpc) is 3.55. The van der Waals surface area contributed by atoms with E-state index < -0.39 is 0 Å². The molecule has 1 aliphatic carbocycles. The minimum absolute atomic E-state index is 0.170. The van der Waals surface area contributed by atoms with Crippen LogP contribution in [0.1, 0.15) is 42.1 Å². The number of carbonyl (C=O) groups excluding carboxylic acids is 2. The molecule has 1 fully saturated rings. The highest BCUT2D eigenvalue weighted by atomic mass is 19.1. The Morgan fingerprint density at radius 2 is 1.93 bits per heavy atom. The molecule has 2 aromatic carbocycles. The van der Waals surface area contributed by atoms with E-state index in [0.29, 0.717) is 18.2 Å². The summed E-state index contributed by atoms with van der Waals surface area (Å²) in [5, 5.41) is 2.96. The van der Waals surface area contributed by atoms with Crippen LogP contribution in [-0.4, -0.2) is 42.4 Å². The second-order valence-electron chi connectivity index (χ2n) is 7.70. The standard InChI is InChI=1S/C23H26FN3O2/c1-2-27(18-12-13-18)22(28)15-26-14-4-5-19-20(6-3-7-21(19)26)25-23(29)16-8-10-17(24)11-9-16/h3,6-11,18H,2,4-5,12-15H2,1H3,(H,25,29). The Kier molecular flexibility index (Phi) is 5.51. The van der Waals surface area contributed by atoms with Crippen molar-refractivity contribution < 1.29 is 14.0 Å². The molecule has 0 bridgehead atoms. The topological polar surface area (TPSA) is 52.7 Å². The lowest BCUT2D eigenvalue weighted by Gasteiger charge is -2.33. The molecule has 0 atom stereocenters. The molecule has 152 valence electrons. The third-order valence-electron chi connectivity index (χ3n) is 5.68. The molecule has 0 radical (unpaired) electrons. The van der Waals surface area contributed by atoms with Gasteiger partial charge in [-0.1, -0.05) is 6.07 Å². The molecule has 0 saturated heterocycles. The molecule has 2 aromatic rings. The minimum atomic E-state index is -0.369. The summed E-state index contributed by atoms with van der Waals surface area (Å²) in [6.45, 7) is 3.98. The highest BCUT2D eigenvalue weighted by Crippen LogP contribution is 2.34. The van der Waals surface area contributed by atoms with E-state index in [-0.39, 0.29) is 17.6 Å². The maximum atomic E-state index is 13.1. The van der Waals surface area contributed by atoms with E-state index in [1.54, 1.807) is 0 Å². The van der Waals surface area contributed by atoms with Crippen LogP contribution in [-0.2, 0) is 11.2 Å². The normalized spacial score (nSPS) is 15.6. The van der Waals surface area contributed by atoms with Crippen LogP contribution >= 0.6 is 0 Å². The van der Waals surface area contributed by atoms with E-state index in [4.69, 9.17) is 0 Å². The number of hydrogen-bond donors (Lipinski definition) is 1. The van der Waals surface area contributed by atoms with Crippen LogP contribution in [0.2, 0.25) is 0 Å². The van der Waals surface area contributed by atoms with Gasteiger partial charge in [0.1, 0.15) is 5.82 Å². The van der Waals surface area contributed by atoms with Gasteiger partial charge in [0.05, 0.1) is 6.54 Å². The largest absolute Gasteiger partial charge is 0.362 e. The van der Waals surface area contributed by atoms with E-state index in [2.05, 4.69) is 10.2 Å². The van der Waals surface area contributed by atoms with Crippen LogP contribution < -0.4 is 10.2 Å². The summed E-state index contributed by atoms with van der Waals surface area (Å²) in [6.07, 6.45) is 3.99. The molecule has 1 heterocycles. The Balaban J connectivity index is 1.52. The molecule has 1 N–H and O–H groups in total. The van der Waals surface area contributed by atoms with Crippen molar-refractivity contribution in [3.63, 3.8) is 0 Å². The predicted octanol–water partition coefficient (Wildman–Crippen LogP) is 3.84. The maximum absolute atomic E-state index is 13.1. The van der Waals surface area contributed by atoms with E-state index >= 15 is 0 Å². The second-order valence-corrected chi connectivity index (χ2v) is 7.70. The van der Waals surface area contributed by atoms with Crippen LogP contribution in [0.25, 0.3) is 0 Å². The zero-order valence-corrected chi connectivity index (χ0v) is 16.7. The maximum Gasteiger partial charge on any atom is 0.255 e.